The summed E-state index contributed by atoms with van der Waals surface area (Å²) in [6, 6.07) is 20.7. The van der Waals surface area contributed by atoms with Crippen LogP contribution in [0.25, 0.3) is 5.76 Å². The lowest BCUT2D eigenvalue weighted by Crippen LogP contribution is -2.19. The second-order valence-corrected chi connectivity index (χ2v) is 9.76. The monoisotopic (exact) mass is 447 g/mol. The Morgan fingerprint density at radius 2 is 1.87 bits per heavy atom. The zero-order valence-corrected chi connectivity index (χ0v) is 18.5. The minimum absolute atomic E-state index is 0.0530. The molecule has 0 unspecified atom stereocenters. The number of thioether (sulfide) groups is 1. The molecule has 0 aliphatic carbocycles. The van der Waals surface area contributed by atoms with E-state index in [0.29, 0.717) is 9.23 Å². The van der Waals surface area contributed by atoms with Gasteiger partial charge in [-0.3, -0.25) is 4.79 Å². The Hall–Kier alpha value is -2.67. The molecule has 3 nitrogen and oxygen atoms in total. The molecule has 3 heterocycles. The predicted octanol–water partition coefficient (Wildman–Crippen LogP) is 6.02. The third-order valence-corrected chi connectivity index (χ3v) is 7.13. The number of hydrogen-bond donors (Lipinski definition) is 1. The molecule has 0 radical (unpaired) electrons. The van der Waals surface area contributed by atoms with Crippen molar-refractivity contribution in [2.75, 3.05) is 0 Å². The molecule has 0 saturated carbocycles. The largest absolute Gasteiger partial charge is 0.455 e. The molecule has 6 heteroatoms. The van der Waals surface area contributed by atoms with E-state index in [2.05, 4.69) is 42.6 Å². The van der Waals surface area contributed by atoms with Crippen LogP contribution in [-0.4, -0.2) is 10.2 Å². The van der Waals surface area contributed by atoms with Crippen LogP contribution in [-0.2, 0) is 4.79 Å². The molecule has 30 heavy (non-hydrogen) atoms. The number of aryl methyl sites for hydroxylation is 1. The van der Waals surface area contributed by atoms with Crippen molar-refractivity contribution in [1.29, 1.82) is 0 Å². The number of fused-ring (bicyclic) bond motifs is 1. The summed E-state index contributed by atoms with van der Waals surface area (Å²) < 4.78 is 6.89. The number of para-hydroxylation sites is 1. The standard InChI is InChI=1S/C24H17NO2S3/c1-14-8-10-15(11-9-14)21-16-5-2-3-6-18(16)27-22(19-7-4-12-29-19)17(21)13-20-23(26)25-24(28)30-20/h2-13,21H,1H3,(H,25,26,28)/b20-13-/t21-/m0/s1. The summed E-state index contributed by atoms with van der Waals surface area (Å²) in [6.45, 7) is 2.08. The first-order chi connectivity index (χ1) is 14.6. The lowest BCUT2D eigenvalue weighted by atomic mass is 9.81. The van der Waals surface area contributed by atoms with Gasteiger partial charge in [-0.15, -0.1) is 11.3 Å². The number of benzene rings is 2. The first kappa shape index (κ1) is 19.3. The van der Waals surface area contributed by atoms with Crippen LogP contribution in [0.2, 0.25) is 0 Å². The van der Waals surface area contributed by atoms with E-state index < -0.39 is 0 Å². The van der Waals surface area contributed by atoms with Crippen LogP contribution in [0.15, 0.2) is 82.6 Å². The number of rotatable bonds is 3. The van der Waals surface area contributed by atoms with Gasteiger partial charge in [0.2, 0.25) is 0 Å². The number of amides is 1. The maximum Gasteiger partial charge on any atom is 0.263 e. The van der Waals surface area contributed by atoms with Crippen LogP contribution in [0.4, 0.5) is 0 Å². The zero-order valence-electron chi connectivity index (χ0n) is 16.0. The Bertz CT molecular complexity index is 1210. The number of thiophene rings is 1. The van der Waals surface area contributed by atoms with E-state index in [0.717, 1.165) is 33.1 Å². The summed E-state index contributed by atoms with van der Waals surface area (Å²) >= 11 is 8.11. The van der Waals surface area contributed by atoms with Crippen LogP contribution in [0, 0.1) is 6.92 Å². The minimum atomic E-state index is -0.162. The van der Waals surface area contributed by atoms with Gasteiger partial charge in [0.15, 0.2) is 0 Å². The molecule has 1 aromatic heterocycles. The Labute approximate surface area is 188 Å². The Balaban J connectivity index is 1.77. The van der Waals surface area contributed by atoms with Crippen LogP contribution in [0.5, 0.6) is 5.75 Å². The Morgan fingerprint density at radius 1 is 1.07 bits per heavy atom. The summed E-state index contributed by atoms with van der Waals surface area (Å²) in [4.78, 5) is 14.1. The highest BCUT2D eigenvalue weighted by Crippen LogP contribution is 2.47. The van der Waals surface area contributed by atoms with Crippen molar-refractivity contribution in [2.24, 2.45) is 0 Å². The fourth-order valence-electron chi connectivity index (χ4n) is 3.71. The average Bonchev–Trinajstić information content (AvgIpc) is 3.38. The molecule has 1 atom stereocenters. The maximum absolute atomic E-state index is 12.4. The zero-order chi connectivity index (χ0) is 20.7. The smallest absolute Gasteiger partial charge is 0.263 e. The molecule has 148 valence electrons. The van der Waals surface area contributed by atoms with Gasteiger partial charge in [-0.1, -0.05) is 78.1 Å². The lowest BCUT2D eigenvalue weighted by Gasteiger charge is -2.30. The molecule has 0 bridgehead atoms. The predicted molar refractivity (Wildman–Crippen MR) is 128 cm³/mol. The number of hydrogen-bond acceptors (Lipinski definition) is 5. The van der Waals surface area contributed by atoms with Crippen LogP contribution >= 0.6 is 35.3 Å². The van der Waals surface area contributed by atoms with Crippen LogP contribution in [0.1, 0.15) is 27.5 Å². The van der Waals surface area contributed by atoms with E-state index in [-0.39, 0.29) is 11.8 Å². The average molecular weight is 448 g/mol. The Morgan fingerprint density at radius 3 is 2.57 bits per heavy atom. The van der Waals surface area contributed by atoms with Crippen molar-refractivity contribution in [3.05, 3.63) is 104 Å². The summed E-state index contributed by atoms with van der Waals surface area (Å²) in [5.74, 6) is 1.41. The fraction of sp³-hybridized carbons (Fsp3) is 0.0833. The van der Waals surface area contributed by atoms with Gasteiger partial charge < -0.3 is 10.1 Å². The lowest BCUT2D eigenvalue weighted by molar-refractivity contribution is -0.115. The second kappa shape index (κ2) is 7.87. The van der Waals surface area contributed by atoms with Crippen LogP contribution in [0.3, 0.4) is 0 Å². The number of carbonyl (C=O) groups is 1. The molecule has 3 aromatic rings. The van der Waals surface area contributed by atoms with Gasteiger partial charge >= 0.3 is 0 Å². The van der Waals surface area contributed by atoms with Crippen molar-refractivity contribution in [3.63, 3.8) is 0 Å². The van der Waals surface area contributed by atoms with E-state index in [1.807, 2.05) is 41.8 Å². The van der Waals surface area contributed by atoms with Crippen molar-refractivity contribution in [1.82, 2.24) is 5.32 Å². The molecule has 1 fully saturated rings. The van der Waals surface area contributed by atoms with Gasteiger partial charge in [0.25, 0.3) is 5.91 Å². The van der Waals surface area contributed by atoms with Gasteiger partial charge in [0.1, 0.15) is 15.8 Å². The van der Waals surface area contributed by atoms with Gasteiger partial charge in [-0.2, -0.15) is 0 Å². The molecule has 1 saturated heterocycles. The minimum Gasteiger partial charge on any atom is -0.455 e. The number of thiocarbonyl (C=S) groups is 1. The van der Waals surface area contributed by atoms with E-state index in [9.17, 15) is 4.79 Å². The van der Waals surface area contributed by atoms with E-state index >= 15 is 0 Å². The van der Waals surface area contributed by atoms with Crippen molar-refractivity contribution in [2.45, 2.75) is 12.8 Å². The van der Waals surface area contributed by atoms with E-state index in [4.69, 9.17) is 17.0 Å². The summed E-state index contributed by atoms with van der Waals surface area (Å²) in [5, 5.41) is 4.75. The first-order valence-electron chi connectivity index (χ1n) is 9.46. The molecule has 2 aromatic carbocycles. The number of nitrogens with one attached hydrogen (secondary N) is 1. The highest BCUT2D eigenvalue weighted by molar-refractivity contribution is 8.26. The van der Waals surface area contributed by atoms with Gasteiger partial charge in [0, 0.05) is 17.1 Å². The first-order valence-corrected chi connectivity index (χ1v) is 11.6. The van der Waals surface area contributed by atoms with Gasteiger partial charge in [0.05, 0.1) is 9.78 Å². The third-order valence-electron chi connectivity index (χ3n) is 5.10. The molecule has 1 amide bonds. The molecular formula is C24H17NO2S3. The highest BCUT2D eigenvalue weighted by atomic mass is 32.2. The van der Waals surface area contributed by atoms with E-state index in [1.54, 1.807) is 11.3 Å². The molecule has 1 N–H and O–H groups in total. The Kier molecular flexibility index (Phi) is 5.06. The molecule has 0 spiro atoms. The maximum atomic E-state index is 12.4. The summed E-state index contributed by atoms with van der Waals surface area (Å²) in [6.07, 6.45) is 1.94. The number of allylic oxidation sites excluding steroid dienone is 2. The fourth-order valence-corrected chi connectivity index (χ4v) is 5.47. The topological polar surface area (TPSA) is 38.3 Å². The second-order valence-electron chi connectivity index (χ2n) is 7.10. The van der Waals surface area contributed by atoms with Gasteiger partial charge in [-0.25, -0.2) is 0 Å². The quantitative estimate of drug-likeness (QED) is 0.393. The normalized spacial score (nSPS) is 19.6. The summed E-state index contributed by atoms with van der Waals surface area (Å²) in [7, 11) is 0. The third kappa shape index (κ3) is 3.51. The van der Waals surface area contributed by atoms with E-state index in [1.165, 1.54) is 17.3 Å². The molecule has 2 aliphatic rings. The van der Waals surface area contributed by atoms with Crippen molar-refractivity contribution >= 4 is 51.3 Å². The van der Waals surface area contributed by atoms with Crippen molar-refractivity contribution < 1.29 is 9.53 Å². The number of ether oxygens (including phenoxy) is 1. The molecular weight excluding hydrogens is 430 g/mol. The summed E-state index contributed by atoms with van der Waals surface area (Å²) in [5.41, 5.74) is 4.41. The highest BCUT2D eigenvalue weighted by Gasteiger charge is 2.33. The van der Waals surface area contributed by atoms with Gasteiger partial charge in [-0.05, 0) is 36.1 Å². The van der Waals surface area contributed by atoms with Crippen LogP contribution < -0.4 is 10.1 Å². The SMILES string of the molecule is Cc1ccc([C@@H]2C(/C=C3\SC(=S)NC3=O)=C(c3cccs3)Oc3ccccc32)cc1. The number of carbonyl (C=O) groups excluding carboxylic acids is 1. The molecule has 5 rings (SSSR count). The van der Waals surface area contributed by atoms with Crippen molar-refractivity contribution in [3.8, 4) is 5.75 Å². The molecule has 2 aliphatic heterocycles.